The van der Waals surface area contributed by atoms with Gasteiger partial charge in [0.15, 0.2) is 0 Å². The molecule has 1 fully saturated rings. The summed E-state index contributed by atoms with van der Waals surface area (Å²) in [5.41, 5.74) is 5.50. The highest BCUT2D eigenvalue weighted by Crippen LogP contribution is 2.38. The van der Waals surface area contributed by atoms with Crippen LogP contribution < -0.4 is 5.73 Å². The normalized spacial score (nSPS) is 22.3. The van der Waals surface area contributed by atoms with Crippen LogP contribution in [-0.2, 0) is 10.9 Å². The summed E-state index contributed by atoms with van der Waals surface area (Å²) in [5.74, 6) is -0.0592. The Morgan fingerprint density at radius 1 is 1.37 bits per heavy atom. The number of hydrogen-bond acceptors (Lipinski definition) is 2. The molecule has 0 amide bonds. The molecule has 0 aliphatic carbocycles. The lowest BCUT2D eigenvalue weighted by Crippen LogP contribution is -2.30. The predicted octanol–water partition coefficient (Wildman–Crippen LogP) is 3.89. The average molecular weight is 338 g/mol. The van der Waals surface area contributed by atoms with E-state index in [0.29, 0.717) is 17.7 Å². The number of alkyl halides is 3. The Kier molecular flexibility index (Phi) is 4.53. The standard InChI is InChI=1S/C13H15BrF3NO/c14-9-3-4-10(11(6-9)13(15,16)17)12(18)8-2-1-5-19-7-8/h3-4,6,8,12H,1-2,5,7,18H2. The molecule has 0 aromatic heterocycles. The molecule has 0 saturated carbocycles. The lowest BCUT2D eigenvalue weighted by atomic mass is 9.87. The average Bonchev–Trinajstić information content (AvgIpc) is 2.38. The number of hydrogen-bond donors (Lipinski definition) is 1. The fourth-order valence-corrected chi connectivity index (χ4v) is 2.73. The third-order valence-electron chi connectivity index (χ3n) is 3.38. The van der Waals surface area contributed by atoms with Crippen LogP contribution in [-0.4, -0.2) is 13.2 Å². The van der Waals surface area contributed by atoms with Crippen LogP contribution in [0, 0.1) is 5.92 Å². The van der Waals surface area contributed by atoms with Gasteiger partial charge in [-0.1, -0.05) is 22.0 Å². The van der Waals surface area contributed by atoms with Gasteiger partial charge in [-0.25, -0.2) is 0 Å². The fourth-order valence-electron chi connectivity index (χ4n) is 2.37. The number of ether oxygens (including phenoxy) is 1. The van der Waals surface area contributed by atoms with Crippen LogP contribution >= 0.6 is 15.9 Å². The summed E-state index contributed by atoms with van der Waals surface area (Å²) in [6.07, 6.45) is -2.75. The first kappa shape index (κ1) is 14.8. The van der Waals surface area contributed by atoms with Gasteiger partial charge in [0, 0.05) is 23.0 Å². The lowest BCUT2D eigenvalue weighted by Gasteiger charge is -2.29. The summed E-state index contributed by atoms with van der Waals surface area (Å²) < 4.78 is 44.8. The Balaban J connectivity index is 2.32. The van der Waals surface area contributed by atoms with E-state index in [1.165, 1.54) is 6.07 Å². The quantitative estimate of drug-likeness (QED) is 0.888. The lowest BCUT2D eigenvalue weighted by molar-refractivity contribution is -0.138. The second kappa shape index (κ2) is 5.81. The van der Waals surface area contributed by atoms with Crippen molar-refractivity contribution >= 4 is 15.9 Å². The van der Waals surface area contributed by atoms with Gasteiger partial charge in [-0.2, -0.15) is 13.2 Å². The maximum atomic E-state index is 13.0. The van der Waals surface area contributed by atoms with Gasteiger partial charge in [0.2, 0.25) is 0 Å². The molecule has 106 valence electrons. The zero-order valence-corrected chi connectivity index (χ0v) is 11.8. The summed E-state index contributed by atoms with van der Waals surface area (Å²) in [7, 11) is 0. The zero-order valence-electron chi connectivity index (χ0n) is 10.2. The molecule has 6 heteroatoms. The number of halogens is 4. The van der Waals surface area contributed by atoms with Crippen molar-refractivity contribution in [3.63, 3.8) is 0 Å². The van der Waals surface area contributed by atoms with Crippen molar-refractivity contribution in [3.8, 4) is 0 Å². The van der Waals surface area contributed by atoms with Gasteiger partial charge in [-0.05, 0) is 30.5 Å². The zero-order chi connectivity index (χ0) is 14.0. The van der Waals surface area contributed by atoms with E-state index < -0.39 is 17.8 Å². The van der Waals surface area contributed by atoms with Crippen LogP contribution in [0.1, 0.15) is 30.0 Å². The van der Waals surface area contributed by atoms with Gasteiger partial charge in [-0.15, -0.1) is 0 Å². The van der Waals surface area contributed by atoms with Gasteiger partial charge in [-0.3, -0.25) is 0 Å². The first-order valence-corrected chi connectivity index (χ1v) is 6.89. The van der Waals surface area contributed by atoms with E-state index in [1.807, 2.05) is 0 Å². The van der Waals surface area contributed by atoms with E-state index >= 15 is 0 Å². The van der Waals surface area contributed by atoms with Crippen molar-refractivity contribution in [3.05, 3.63) is 33.8 Å². The Bertz CT molecular complexity index is 444. The minimum absolute atomic E-state index is 0.0592. The SMILES string of the molecule is NC(c1ccc(Br)cc1C(F)(F)F)C1CCCOC1. The molecule has 1 saturated heterocycles. The third-order valence-corrected chi connectivity index (χ3v) is 3.88. The van der Waals surface area contributed by atoms with E-state index in [9.17, 15) is 13.2 Å². The van der Waals surface area contributed by atoms with Crippen molar-refractivity contribution < 1.29 is 17.9 Å². The highest BCUT2D eigenvalue weighted by atomic mass is 79.9. The van der Waals surface area contributed by atoms with E-state index in [1.54, 1.807) is 6.07 Å². The highest BCUT2D eigenvalue weighted by Gasteiger charge is 2.36. The molecule has 1 heterocycles. The van der Waals surface area contributed by atoms with Crippen LogP contribution in [0.2, 0.25) is 0 Å². The number of rotatable bonds is 2. The van der Waals surface area contributed by atoms with E-state index in [-0.39, 0.29) is 11.5 Å². The minimum atomic E-state index is -4.40. The van der Waals surface area contributed by atoms with Gasteiger partial charge in [0.1, 0.15) is 0 Å². The first-order valence-electron chi connectivity index (χ1n) is 6.09. The van der Waals surface area contributed by atoms with Crippen LogP contribution in [0.4, 0.5) is 13.2 Å². The Morgan fingerprint density at radius 2 is 2.11 bits per heavy atom. The minimum Gasteiger partial charge on any atom is -0.381 e. The molecule has 2 N–H and O–H groups in total. The molecule has 1 aliphatic heterocycles. The van der Waals surface area contributed by atoms with Gasteiger partial charge >= 0.3 is 6.18 Å². The number of benzene rings is 1. The molecule has 0 bridgehead atoms. The molecular formula is C13H15BrF3NO. The van der Waals surface area contributed by atoms with Crippen LogP contribution in [0.5, 0.6) is 0 Å². The van der Waals surface area contributed by atoms with E-state index in [2.05, 4.69) is 15.9 Å². The second-order valence-corrected chi connectivity index (χ2v) is 5.65. The molecule has 2 rings (SSSR count). The van der Waals surface area contributed by atoms with Crippen molar-refractivity contribution in [2.24, 2.45) is 11.7 Å². The molecule has 1 aromatic rings. The van der Waals surface area contributed by atoms with Crippen molar-refractivity contribution in [2.75, 3.05) is 13.2 Å². The largest absolute Gasteiger partial charge is 0.416 e. The van der Waals surface area contributed by atoms with Crippen LogP contribution in [0.15, 0.2) is 22.7 Å². The van der Waals surface area contributed by atoms with Gasteiger partial charge in [0.05, 0.1) is 12.2 Å². The molecule has 0 spiro atoms. The second-order valence-electron chi connectivity index (χ2n) is 4.73. The Hall–Kier alpha value is -0.590. The maximum absolute atomic E-state index is 13.0. The summed E-state index contributed by atoms with van der Waals surface area (Å²) in [6, 6.07) is 3.48. The molecule has 1 aliphatic rings. The molecule has 19 heavy (non-hydrogen) atoms. The predicted molar refractivity (Wildman–Crippen MR) is 69.6 cm³/mol. The smallest absolute Gasteiger partial charge is 0.381 e. The van der Waals surface area contributed by atoms with Crippen molar-refractivity contribution in [1.82, 2.24) is 0 Å². The van der Waals surface area contributed by atoms with Crippen molar-refractivity contribution in [1.29, 1.82) is 0 Å². The first-order chi connectivity index (χ1) is 8.89. The summed E-state index contributed by atoms with van der Waals surface area (Å²) in [6.45, 7) is 1.09. The maximum Gasteiger partial charge on any atom is 0.416 e. The van der Waals surface area contributed by atoms with Crippen LogP contribution in [0.25, 0.3) is 0 Å². The third kappa shape index (κ3) is 3.49. The molecular weight excluding hydrogens is 323 g/mol. The van der Waals surface area contributed by atoms with E-state index in [4.69, 9.17) is 10.5 Å². The monoisotopic (exact) mass is 337 g/mol. The molecule has 2 atom stereocenters. The topological polar surface area (TPSA) is 35.2 Å². The van der Waals surface area contributed by atoms with E-state index in [0.717, 1.165) is 18.9 Å². The molecule has 2 nitrogen and oxygen atoms in total. The Labute approximate surface area is 118 Å². The van der Waals surface area contributed by atoms with Gasteiger partial charge in [0.25, 0.3) is 0 Å². The molecule has 2 unspecified atom stereocenters. The Morgan fingerprint density at radius 3 is 2.68 bits per heavy atom. The molecule has 0 radical (unpaired) electrons. The number of nitrogens with two attached hydrogens (primary N) is 1. The van der Waals surface area contributed by atoms with Crippen LogP contribution in [0.3, 0.4) is 0 Å². The molecule has 1 aromatic carbocycles. The van der Waals surface area contributed by atoms with Gasteiger partial charge < -0.3 is 10.5 Å². The van der Waals surface area contributed by atoms with Crippen molar-refractivity contribution in [2.45, 2.75) is 25.1 Å². The summed E-state index contributed by atoms with van der Waals surface area (Å²) in [5, 5.41) is 0. The summed E-state index contributed by atoms with van der Waals surface area (Å²) >= 11 is 3.07. The highest BCUT2D eigenvalue weighted by molar-refractivity contribution is 9.10. The summed E-state index contributed by atoms with van der Waals surface area (Å²) in [4.78, 5) is 0. The fraction of sp³-hybridized carbons (Fsp3) is 0.538.